The van der Waals surface area contributed by atoms with E-state index in [2.05, 4.69) is 138 Å². The van der Waals surface area contributed by atoms with Crippen LogP contribution in [0.2, 0.25) is 0 Å². The molecule has 44 heavy (non-hydrogen) atoms. The zero-order valence-corrected chi connectivity index (χ0v) is 24.6. The number of unbranched alkanes of at least 4 members (excludes halogenated alkanes) is 1. The van der Waals surface area contributed by atoms with E-state index < -0.39 is 0 Å². The van der Waals surface area contributed by atoms with E-state index >= 15 is 0 Å². The molecule has 0 amide bonds. The van der Waals surface area contributed by atoms with Crippen LogP contribution in [0, 0.1) is 0 Å². The average molecular weight is 571 g/mol. The van der Waals surface area contributed by atoms with Gasteiger partial charge in [0, 0.05) is 34.9 Å². The molecule has 0 saturated carbocycles. The number of hydrogen-bond acceptors (Lipinski definition) is 2. The molecule has 2 heterocycles. The molecule has 0 unspecified atom stereocenters. The number of para-hydroxylation sites is 3. The fourth-order valence-corrected chi connectivity index (χ4v) is 6.76. The predicted molar refractivity (Wildman–Crippen MR) is 181 cm³/mol. The largest absolute Gasteiger partial charge is 0.502 e. The second kappa shape index (κ2) is 10.7. The molecule has 8 rings (SSSR count). The summed E-state index contributed by atoms with van der Waals surface area (Å²) in [5.74, 6) is 1.22. The summed E-state index contributed by atoms with van der Waals surface area (Å²) in [7, 11) is 0. The number of benzene rings is 6. The van der Waals surface area contributed by atoms with Crippen LogP contribution in [0.3, 0.4) is 0 Å². The molecule has 0 saturated heterocycles. The molecule has 0 radical (unpaired) electrons. The van der Waals surface area contributed by atoms with E-state index in [9.17, 15) is 5.11 Å². The third-order valence-corrected chi connectivity index (χ3v) is 8.76. The van der Waals surface area contributed by atoms with Crippen LogP contribution in [-0.4, -0.2) is 14.7 Å². The molecule has 2 aromatic heterocycles. The van der Waals surface area contributed by atoms with Crippen molar-refractivity contribution >= 4 is 43.5 Å². The first kappa shape index (κ1) is 26.2. The fourth-order valence-electron chi connectivity index (χ4n) is 6.76. The Kier molecular flexibility index (Phi) is 6.34. The number of aryl methyl sites for hydroxylation is 1. The normalized spacial score (nSPS) is 11.7. The first-order chi connectivity index (χ1) is 21.7. The first-order valence-corrected chi connectivity index (χ1v) is 15.4. The maximum atomic E-state index is 12.0. The number of phenols is 1. The van der Waals surface area contributed by atoms with Gasteiger partial charge in [-0.3, -0.25) is 4.57 Å². The summed E-state index contributed by atoms with van der Waals surface area (Å²) < 4.78 is 4.46. The summed E-state index contributed by atoms with van der Waals surface area (Å²) in [6.45, 7) is 3.06. The molecule has 6 aromatic carbocycles. The Balaban J connectivity index is 1.49. The maximum absolute atomic E-state index is 12.0. The minimum Gasteiger partial charge on any atom is -0.502 e. The lowest BCUT2D eigenvalue weighted by Gasteiger charge is -2.19. The molecule has 0 aliphatic carbocycles. The average Bonchev–Trinajstić information content (AvgIpc) is 3.46. The van der Waals surface area contributed by atoms with Crippen LogP contribution >= 0.6 is 0 Å². The number of pyridine rings is 1. The Morgan fingerprint density at radius 1 is 0.659 bits per heavy atom. The molecule has 4 nitrogen and oxygen atoms in total. The molecule has 1 N–H and O–H groups in total. The highest BCUT2D eigenvalue weighted by Crippen LogP contribution is 2.47. The second-order valence-electron chi connectivity index (χ2n) is 11.4. The number of aromatic hydroxyl groups is 1. The highest BCUT2D eigenvalue weighted by molar-refractivity contribution is 6.22. The number of imidazole rings is 1. The van der Waals surface area contributed by atoms with Crippen LogP contribution < -0.4 is 4.57 Å². The van der Waals surface area contributed by atoms with E-state index in [1.54, 1.807) is 0 Å². The van der Waals surface area contributed by atoms with Gasteiger partial charge >= 0.3 is 0 Å². The molecule has 0 aliphatic heterocycles. The van der Waals surface area contributed by atoms with Crippen molar-refractivity contribution in [3.05, 3.63) is 134 Å². The van der Waals surface area contributed by atoms with Crippen LogP contribution in [-0.2, 0) is 6.54 Å². The van der Waals surface area contributed by atoms with Gasteiger partial charge in [0.2, 0.25) is 0 Å². The van der Waals surface area contributed by atoms with Crippen molar-refractivity contribution in [1.82, 2.24) is 9.55 Å². The van der Waals surface area contributed by atoms with E-state index in [0.717, 1.165) is 91.1 Å². The molecule has 212 valence electrons. The molecule has 0 fully saturated rings. The standard InChI is InChI=1S/C40H31N3O/c1-2-3-25-42-26-13-14-27-23-24-33(39(44)38(27)42)36-29-17-7-9-19-31(29)37(32-20-10-8-18-30(32)36)40-41-34-21-11-12-22-35(34)43(40)28-15-5-4-6-16-28/h4-24,26H,2-3,25H2,1H3/p+1. The smallest absolute Gasteiger partial charge is 0.255 e. The summed E-state index contributed by atoms with van der Waals surface area (Å²) in [6.07, 6.45) is 4.22. The van der Waals surface area contributed by atoms with Gasteiger partial charge < -0.3 is 5.11 Å². The van der Waals surface area contributed by atoms with Crippen molar-refractivity contribution in [2.24, 2.45) is 0 Å². The number of fused-ring (bicyclic) bond motifs is 4. The molecule has 0 aliphatic rings. The zero-order chi connectivity index (χ0) is 29.6. The molecule has 0 bridgehead atoms. The Morgan fingerprint density at radius 3 is 2.00 bits per heavy atom. The molecule has 4 heteroatoms. The maximum Gasteiger partial charge on any atom is 0.255 e. The van der Waals surface area contributed by atoms with Gasteiger partial charge in [-0.1, -0.05) is 92.2 Å². The Morgan fingerprint density at radius 2 is 1.30 bits per heavy atom. The topological polar surface area (TPSA) is 41.9 Å². The van der Waals surface area contributed by atoms with Gasteiger partial charge in [-0.2, -0.15) is 4.57 Å². The summed E-state index contributed by atoms with van der Waals surface area (Å²) in [5, 5.41) is 17.4. The number of nitrogens with zero attached hydrogens (tertiary/aromatic N) is 3. The van der Waals surface area contributed by atoms with Crippen molar-refractivity contribution < 1.29 is 9.67 Å². The van der Waals surface area contributed by atoms with Crippen molar-refractivity contribution in [2.45, 2.75) is 26.3 Å². The predicted octanol–water partition coefficient (Wildman–Crippen LogP) is 9.61. The molecule has 0 spiro atoms. The summed E-state index contributed by atoms with van der Waals surface area (Å²) in [6, 6.07) is 44.3. The third kappa shape index (κ3) is 4.06. The second-order valence-corrected chi connectivity index (χ2v) is 11.4. The molecule has 8 aromatic rings. The SMILES string of the molecule is CCCC[n+]1cccc2ccc(-c3c4ccccc4c(-c4nc5ccccc5n4-c4ccccc4)c4ccccc34)c(O)c21. The third-order valence-electron chi connectivity index (χ3n) is 8.76. The van der Waals surface area contributed by atoms with E-state index in [1.165, 1.54) is 0 Å². The number of phenolic OH excluding ortho intramolecular Hbond substituents is 1. The lowest BCUT2D eigenvalue weighted by atomic mass is 9.87. The Bertz CT molecular complexity index is 2280. The van der Waals surface area contributed by atoms with E-state index in [0.29, 0.717) is 5.75 Å². The molecule has 0 atom stereocenters. The highest BCUT2D eigenvalue weighted by Gasteiger charge is 2.25. The number of rotatable bonds is 6. The van der Waals surface area contributed by atoms with Crippen LogP contribution in [0.1, 0.15) is 19.8 Å². The Labute approximate surface area is 256 Å². The van der Waals surface area contributed by atoms with Gasteiger partial charge in [0.25, 0.3) is 5.52 Å². The van der Waals surface area contributed by atoms with Gasteiger partial charge in [0.15, 0.2) is 11.9 Å². The highest BCUT2D eigenvalue weighted by atomic mass is 16.3. The number of aromatic nitrogens is 3. The quantitative estimate of drug-likeness (QED) is 0.160. The molecular weight excluding hydrogens is 538 g/mol. The van der Waals surface area contributed by atoms with Crippen LogP contribution in [0.15, 0.2) is 134 Å². The van der Waals surface area contributed by atoms with Crippen LogP contribution in [0.25, 0.3) is 71.7 Å². The summed E-state index contributed by atoms with van der Waals surface area (Å²) in [4.78, 5) is 5.27. The minimum absolute atomic E-state index is 0.318. The number of hydrogen-bond donors (Lipinski definition) is 1. The van der Waals surface area contributed by atoms with Crippen molar-refractivity contribution in [2.75, 3.05) is 0 Å². The summed E-state index contributed by atoms with van der Waals surface area (Å²) in [5.41, 5.74) is 6.91. The fraction of sp³-hybridized carbons (Fsp3) is 0.100. The lowest BCUT2D eigenvalue weighted by Crippen LogP contribution is -2.34. The van der Waals surface area contributed by atoms with E-state index in [-0.39, 0.29) is 0 Å². The van der Waals surface area contributed by atoms with Crippen molar-refractivity contribution in [3.8, 4) is 34.0 Å². The van der Waals surface area contributed by atoms with Crippen LogP contribution in [0.4, 0.5) is 0 Å². The van der Waals surface area contributed by atoms with Gasteiger partial charge in [-0.15, -0.1) is 0 Å². The van der Waals surface area contributed by atoms with Gasteiger partial charge in [0.1, 0.15) is 12.4 Å². The van der Waals surface area contributed by atoms with Crippen molar-refractivity contribution in [3.63, 3.8) is 0 Å². The monoisotopic (exact) mass is 570 g/mol. The van der Waals surface area contributed by atoms with Gasteiger partial charge in [-0.25, -0.2) is 4.98 Å². The zero-order valence-electron chi connectivity index (χ0n) is 24.6. The van der Waals surface area contributed by atoms with E-state index in [4.69, 9.17) is 4.98 Å². The first-order valence-electron chi connectivity index (χ1n) is 15.4. The van der Waals surface area contributed by atoms with Gasteiger partial charge in [-0.05, 0) is 64.0 Å². The van der Waals surface area contributed by atoms with Crippen molar-refractivity contribution in [1.29, 1.82) is 0 Å². The van der Waals surface area contributed by atoms with Gasteiger partial charge in [0.05, 0.1) is 16.4 Å². The summed E-state index contributed by atoms with van der Waals surface area (Å²) >= 11 is 0. The van der Waals surface area contributed by atoms with Crippen LogP contribution in [0.5, 0.6) is 5.75 Å². The molecular formula is C40H32N3O+. The lowest BCUT2D eigenvalue weighted by molar-refractivity contribution is -0.672. The van der Waals surface area contributed by atoms with E-state index in [1.807, 2.05) is 12.1 Å². The Hall–Kier alpha value is -5.48. The minimum atomic E-state index is 0.318.